The summed E-state index contributed by atoms with van der Waals surface area (Å²) in [6.45, 7) is 3.10. The van der Waals surface area contributed by atoms with Crippen molar-refractivity contribution in [1.29, 1.82) is 0 Å². The Hall–Kier alpha value is -3.04. The maximum Gasteiger partial charge on any atom is 0.257 e. The number of pyridine rings is 1. The number of hydrogen-bond acceptors (Lipinski definition) is 6. The zero-order valence-corrected chi connectivity index (χ0v) is 22.3. The van der Waals surface area contributed by atoms with Gasteiger partial charge in [0.15, 0.2) is 5.72 Å². The highest BCUT2D eigenvalue weighted by Gasteiger charge is 2.56. The third-order valence-electron chi connectivity index (χ3n) is 7.46. The topological polar surface area (TPSA) is 92.1 Å². The molecule has 1 aliphatic heterocycles. The lowest BCUT2D eigenvalue weighted by molar-refractivity contribution is -0.130. The zero-order valence-electron chi connectivity index (χ0n) is 21.5. The second-order valence-corrected chi connectivity index (χ2v) is 11.1. The van der Waals surface area contributed by atoms with E-state index in [9.17, 15) is 15.0 Å². The van der Waals surface area contributed by atoms with Crippen molar-refractivity contribution in [1.82, 2.24) is 9.88 Å². The molecule has 0 spiro atoms. The van der Waals surface area contributed by atoms with E-state index in [0.29, 0.717) is 22.0 Å². The number of nitrogens with zero attached hydrogens (tertiary/aromatic N) is 2. The molecule has 3 aromatic rings. The molecular formula is C29H30ClFN2O5. The minimum Gasteiger partial charge on any atom is -0.495 e. The molecule has 1 unspecified atom stereocenters. The molecule has 1 atom stereocenters. The Kier molecular flexibility index (Phi) is 6.72. The van der Waals surface area contributed by atoms with Gasteiger partial charge in [-0.25, -0.2) is 4.39 Å². The average molecular weight is 541 g/mol. The summed E-state index contributed by atoms with van der Waals surface area (Å²) < 4.78 is 28.0. The molecule has 2 aromatic carbocycles. The summed E-state index contributed by atoms with van der Waals surface area (Å²) in [5, 5.41) is 21.1. The van der Waals surface area contributed by atoms with Gasteiger partial charge in [-0.3, -0.25) is 14.7 Å². The molecule has 0 saturated heterocycles. The Balaban J connectivity index is 1.72. The third-order valence-corrected chi connectivity index (χ3v) is 7.71. The minimum absolute atomic E-state index is 0.00352. The fourth-order valence-corrected chi connectivity index (χ4v) is 4.98. The smallest absolute Gasteiger partial charge is 0.257 e. The van der Waals surface area contributed by atoms with Crippen molar-refractivity contribution < 1.29 is 28.9 Å². The highest BCUT2D eigenvalue weighted by molar-refractivity contribution is 6.30. The second-order valence-electron chi connectivity index (χ2n) is 10.6. The van der Waals surface area contributed by atoms with Crippen LogP contribution in [0, 0.1) is 11.2 Å². The number of aromatic nitrogens is 1. The Morgan fingerprint density at radius 3 is 2.42 bits per heavy atom. The fraction of sp³-hybridized carbons (Fsp3) is 0.379. The quantitative estimate of drug-likeness (QED) is 0.407. The van der Waals surface area contributed by atoms with E-state index in [-0.39, 0.29) is 36.4 Å². The largest absolute Gasteiger partial charge is 0.495 e. The number of halogens is 2. The lowest BCUT2D eigenvalue weighted by Gasteiger charge is -2.40. The molecule has 0 radical (unpaired) electrons. The molecule has 2 N–H and O–H groups in total. The molecule has 1 saturated carbocycles. The SMILES string of the molecule is COc1ccc(CN2C(=O)c3cc(C(C)(C)O)cc(F)c3C2(OCC2(CO)CC2)c2ccc(Cl)cc2)nc1. The number of benzene rings is 2. The highest BCUT2D eigenvalue weighted by Crippen LogP contribution is 2.52. The molecule has 1 aromatic heterocycles. The van der Waals surface area contributed by atoms with Crippen LogP contribution < -0.4 is 4.74 Å². The third kappa shape index (κ3) is 4.56. The number of fused-ring (bicyclic) bond motifs is 1. The Labute approximate surface area is 225 Å². The number of aliphatic hydroxyl groups excluding tert-OH is 1. The molecule has 5 rings (SSSR count). The van der Waals surface area contributed by atoms with Crippen LogP contribution in [0.3, 0.4) is 0 Å². The molecule has 0 bridgehead atoms. The van der Waals surface area contributed by atoms with Crippen LogP contribution in [0.1, 0.15) is 59.4 Å². The van der Waals surface area contributed by atoms with Gasteiger partial charge in [0, 0.05) is 16.0 Å². The van der Waals surface area contributed by atoms with Gasteiger partial charge < -0.3 is 19.7 Å². The molecule has 9 heteroatoms. The van der Waals surface area contributed by atoms with Gasteiger partial charge in [0.1, 0.15) is 11.6 Å². The number of ether oxygens (including phenoxy) is 2. The van der Waals surface area contributed by atoms with Gasteiger partial charge in [-0.15, -0.1) is 0 Å². The fourth-order valence-electron chi connectivity index (χ4n) is 4.86. The summed E-state index contributed by atoms with van der Waals surface area (Å²) in [6.07, 6.45) is 3.08. The molecular weight excluding hydrogens is 511 g/mol. The maximum absolute atomic E-state index is 16.2. The summed E-state index contributed by atoms with van der Waals surface area (Å²) in [5.41, 5.74) is -2.01. The van der Waals surface area contributed by atoms with Gasteiger partial charge in [0.2, 0.25) is 0 Å². The molecule has 7 nitrogen and oxygen atoms in total. The number of methoxy groups -OCH3 is 1. The number of carbonyl (C=O) groups is 1. The van der Waals surface area contributed by atoms with Gasteiger partial charge in [0.25, 0.3) is 5.91 Å². The normalized spacial score (nSPS) is 20.0. The van der Waals surface area contributed by atoms with E-state index in [1.807, 2.05) is 0 Å². The van der Waals surface area contributed by atoms with Crippen LogP contribution in [0.4, 0.5) is 4.39 Å². The van der Waals surface area contributed by atoms with Crippen molar-refractivity contribution in [3.05, 3.63) is 93.5 Å². The first-order chi connectivity index (χ1) is 18.0. The van der Waals surface area contributed by atoms with Gasteiger partial charge in [-0.05, 0) is 68.7 Å². The monoisotopic (exact) mass is 540 g/mol. The molecule has 1 amide bonds. The van der Waals surface area contributed by atoms with Crippen LogP contribution in [-0.2, 0) is 22.6 Å². The van der Waals surface area contributed by atoms with E-state index < -0.39 is 28.5 Å². The summed E-state index contributed by atoms with van der Waals surface area (Å²) >= 11 is 6.19. The molecule has 1 aliphatic carbocycles. The summed E-state index contributed by atoms with van der Waals surface area (Å²) in [7, 11) is 1.54. The van der Waals surface area contributed by atoms with E-state index in [0.717, 1.165) is 12.8 Å². The lowest BCUT2D eigenvalue weighted by atomic mass is 9.88. The Morgan fingerprint density at radius 1 is 1.16 bits per heavy atom. The van der Waals surface area contributed by atoms with Crippen molar-refractivity contribution in [2.45, 2.75) is 44.6 Å². The molecule has 200 valence electrons. The van der Waals surface area contributed by atoms with Crippen molar-refractivity contribution in [3.63, 3.8) is 0 Å². The van der Waals surface area contributed by atoms with Gasteiger partial charge in [-0.2, -0.15) is 0 Å². The van der Waals surface area contributed by atoms with E-state index in [2.05, 4.69) is 4.98 Å². The van der Waals surface area contributed by atoms with Crippen LogP contribution in [0.2, 0.25) is 5.02 Å². The van der Waals surface area contributed by atoms with Crippen molar-refractivity contribution >= 4 is 17.5 Å². The van der Waals surface area contributed by atoms with Gasteiger partial charge in [0.05, 0.1) is 55.5 Å². The molecule has 1 fully saturated rings. The first-order valence-electron chi connectivity index (χ1n) is 12.4. The van der Waals surface area contributed by atoms with Gasteiger partial charge in [-0.1, -0.05) is 23.7 Å². The molecule has 2 aliphatic rings. The van der Waals surface area contributed by atoms with Crippen LogP contribution in [0.5, 0.6) is 5.75 Å². The van der Waals surface area contributed by atoms with E-state index in [1.165, 1.54) is 38.0 Å². The average Bonchev–Trinajstić information content (AvgIpc) is 3.64. The van der Waals surface area contributed by atoms with Gasteiger partial charge >= 0.3 is 0 Å². The first kappa shape index (κ1) is 26.6. The van der Waals surface area contributed by atoms with Crippen LogP contribution in [0.15, 0.2) is 54.7 Å². The minimum atomic E-state index is -1.66. The number of aliphatic hydroxyl groups is 2. The number of hydrogen-bond donors (Lipinski definition) is 2. The predicted molar refractivity (Wildman–Crippen MR) is 139 cm³/mol. The second kappa shape index (κ2) is 9.61. The summed E-state index contributed by atoms with van der Waals surface area (Å²) in [6, 6.07) is 13.0. The Bertz CT molecular complexity index is 1350. The number of rotatable bonds is 9. The highest BCUT2D eigenvalue weighted by atomic mass is 35.5. The maximum atomic E-state index is 16.2. The summed E-state index contributed by atoms with van der Waals surface area (Å²) in [5.74, 6) is -0.585. The Morgan fingerprint density at radius 2 is 1.87 bits per heavy atom. The molecule has 2 heterocycles. The number of carbonyl (C=O) groups excluding carboxylic acids is 1. The van der Waals surface area contributed by atoms with Crippen LogP contribution in [0.25, 0.3) is 0 Å². The first-order valence-corrected chi connectivity index (χ1v) is 12.8. The van der Waals surface area contributed by atoms with E-state index >= 15 is 4.39 Å². The van der Waals surface area contributed by atoms with Crippen molar-refractivity contribution in [2.24, 2.45) is 5.41 Å². The van der Waals surface area contributed by atoms with Crippen LogP contribution >= 0.6 is 11.6 Å². The lowest BCUT2D eigenvalue weighted by Crippen LogP contribution is -2.48. The van der Waals surface area contributed by atoms with Crippen molar-refractivity contribution in [2.75, 3.05) is 20.3 Å². The zero-order chi connectivity index (χ0) is 27.3. The van der Waals surface area contributed by atoms with E-state index in [1.54, 1.807) is 42.6 Å². The standard InChI is InChI=1S/C29H30ClFN2O5/c1-27(2,36)19-12-23-25(24(31)13-19)29(18-4-6-20(30)7-5-18,38-17-28(16-34)10-11-28)33(26(23)35)15-21-8-9-22(37-3)14-32-21/h4-9,12-14,34,36H,10-11,15-17H2,1-3H3. The predicted octanol–water partition coefficient (Wildman–Crippen LogP) is 4.76. The summed E-state index contributed by atoms with van der Waals surface area (Å²) in [4.78, 5) is 20.0. The molecule has 38 heavy (non-hydrogen) atoms. The van der Waals surface area contributed by atoms with Crippen LogP contribution in [-0.4, -0.2) is 46.3 Å². The van der Waals surface area contributed by atoms with E-state index in [4.69, 9.17) is 21.1 Å². The number of amides is 1. The van der Waals surface area contributed by atoms with Crippen molar-refractivity contribution in [3.8, 4) is 5.75 Å².